The zero-order chi connectivity index (χ0) is 7.40. The first-order valence-corrected chi connectivity index (χ1v) is 3.24. The molecule has 0 bridgehead atoms. The molecule has 1 rings (SSSR count). The number of nitrogens with zero attached hydrogens (tertiary/aromatic N) is 1. The van der Waals surface area contributed by atoms with Crippen LogP contribution in [0.2, 0.25) is 0 Å². The van der Waals surface area contributed by atoms with Crippen LogP contribution in [0.15, 0.2) is 12.4 Å². The van der Waals surface area contributed by atoms with Gasteiger partial charge in [-0.2, -0.15) is 0 Å². The second-order valence-electron chi connectivity index (χ2n) is 2.13. The van der Waals surface area contributed by atoms with E-state index in [1.165, 1.54) is 0 Å². The summed E-state index contributed by atoms with van der Waals surface area (Å²) in [5, 5.41) is 2.99. The molecule has 0 aromatic rings. The molecule has 0 saturated heterocycles. The lowest BCUT2D eigenvalue weighted by Crippen LogP contribution is -2.36. The molecule has 0 aromatic heterocycles. The minimum absolute atomic E-state index is 0.0718. The van der Waals surface area contributed by atoms with E-state index >= 15 is 0 Å². The summed E-state index contributed by atoms with van der Waals surface area (Å²) in [7, 11) is 0. The standard InChI is InChI=1S/C6H11N3O/c7-2-1-6-8-3-4-9(6)5-10/h3-6,8H,1-2,7H2. The van der Waals surface area contributed by atoms with Gasteiger partial charge >= 0.3 is 0 Å². The molecular weight excluding hydrogens is 130 g/mol. The van der Waals surface area contributed by atoms with Gasteiger partial charge in [-0.3, -0.25) is 9.69 Å². The number of nitrogens with one attached hydrogen (secondary N) is 1. The third kappa shape index (κ3) is 1.27. The van der Waals surface area contributed by atoms with Crippen LogP contribution in [0.25, 0.3) is 0 Å². The van der Waals surface area contributed by atoms with Crippen LogP contribution in [0, 0.1) is 0 Å². The van der Waals surface area contributed by atoms with Gasteiger partial charge in [0.05, 0.1) is 0 Å². The van der Waals surface area contributed by atoms with Crippen LogP contribution in [0.1, 0.15) is 6.42 Å². The molecule has 0 aliphatic carbocycles. The lowest BCUT2D eigenvalue weighted by Gasteiger charge is -2.17. The Morgan fingerprint density at radius 2 is 2.60 bits per heavy atom. The van der Waals surface area contributed by atoms with E-state index in [4.69, 9.17) is 5.73 Å². The molecule has 4 nitrogen and oxygen atoms in total. The topological polar surface area (TPSA) is 58.4 Å². The Balaban J connectivity index is 2.39. The molecule has 3 N–H and O–H groups in total. The third-order valence-electron chi connectivity index (χ3n) is 1.46. The highest BCUT2D eigenvalue weighted by molar-refractivity contribution is 5.50. The van der Waals surface area contributed by atoms with E-state index < -0.39 is 0 Å². The lowest BCUT2D eigenvalue weighted by molar-refractivity contribution is -0.117. The summed E-state index contributed by atoms with van der Waals surface area (Å²) >= 11 is 0. The number of hydrogen-bond acceptors (Lipinski definition) is 3. The van der Waals surface area contributed by atoms with Crippen molar-refractivity contribution in [1.29, 1.82) is 0 Å². The maximum Gasteiger partial charge on any atom is 0.215 e. The van der Waals surface area contributed by atoms with E-state index in [9.17, 15) is 4.79 Å². The van der Waals surface area contributed by atoms with Gasteiger partial charge in [0.15, 0.2) is 0 Å². The molecule has 1 aliphatic heterocycles. The summed E-state index contributed by atoms with van der Waals surface area (Å²) < 4.78 is 0. The summed E-state index contributed by atoms with van der Waals surface area (Å²) in [4.78, 5) is 11.8. The van der Waals surface area contributed by atoms with Gasteiger partial charge in [-0.15, -0.1) is 0 Å². The van der Waals surface area contributed by atoms with Gasteiger partial charge in [0.25, 0.3) is 0 Å². The smallest absolute Gasteiger partial charge is 0.215 e. The van der Waals surface area contributed by atoms with E-state index in [2.05, 4.69) is 5.32 Å². The zero-order valence-electron chi connectivity index (χ0n) is 5.66. The SMILES string of the molecule is NCCC1NC=CN1C=O. The highest BCUT2D eigenvalue weighted by Gasteiger charge is 2.15. The molecule has 1 unspecified atom stereocenters. The van der Waals surface area contributed by atoms with Crippen LogP contribution >= 0.6 is 0 Å². The van der Waals surface area contributed by atoms with Crippen LogP contribution in [-0.4, -0.2) is 24.0 Å². The lowest BCUT2D eigenvalue weighted by atomic mass is 10.3. The fourth-order valence-corrected chi connectivity index (χ4v) is 0.929. The summed E-state index contributed by atoms with van der Waals surface area (Å²) in [6.45, 7) is 0.587. The van der Waals surface area contributed by atoms with E-state index in [-0.39, 0.29) is 6.17 Å². The maximum atomic E-state index is 10.3. The normalized spacial score (nSPS) is 22.9. The van der Waals surface area contributed by atoms with E-state index in [0.717, 1.165) is 12.8 Å². The Hall–Kier alpha value is -1.03. The fraction of sp³-hybridized carbons (Fsp3) is 0.500. The highest BCUT2D eigenvalue weighted by atomic mass is 16.1. The number of carbonyl (C=O) groups is 1. The highest BCUT2D eigenvalue weighted by Crippen LogP contribution is 2.03. The summed E-state index contributed by atoms with van der Waals surface area (Å²) in [6.07, 6.45) is 5.09. The minimum Gasteiger partial charge on any atom is -0.370 e. The van der Waals surface area contributed by atoms with Gasteiger partial charge in [-0.25, -0.2) is 0 Å². The number of hydrogen-bond donors (Lipinski definition) is 2. The fourth-order valence-electron chi connectivity index (χ4n) is 0.929. The minimum atomic E-state index is 0.0718. The van der Waals surface area contributed by atoms with Crippen molar-refractivity contribution in [2.45, 2.75) is 12.6 Å². The number of nitrogens with two attached hydrogens (primary N) is 1. The molecule has 1 atom stereocenters. The average Bonchev–Trinajstić information content (AvgIpc) is 2.36. The van der Waals surface area contributed by atoms with Crippen molar-refractivity contribution in [1.82, 2.24) is 10.2 Å². The Morgan fingerprint density at radius 3 is 3.20 bits per heavy atom. The second kappa shape index (κ2) is 3.22. The Kier molecular flexibility index (Phi) is 2.28. The maximum absolute atomic E-state index is 10.3. The summed E-state index contributed by atoms with van der Waals surface area (Å²) in [5.74, 6) is 0. The van der Waals surface area contributed by atoms with Gasteiger partial charge in [-0.05, 0) is 13.0 Å². The van der Waals surface area contributed by atoms with Crippen molar-refractivity contribution < 1.29 is 4.79 Å². The molecule has 0 radical (unpaired) electrons. The Labute approximate surface area is 59.7 Å². The molecule has 1 heterocycles. The first-order chi connectivity index (χ1) is 4.88. The third-order valence-corrected chi connectivity index (χ3v) is 1.46. The van der Waals surface area contributed by atoms with Crippen molar-refractivity contribution in [3.8, 4) is 0 Å². The number of carbonyl (C=O) groups excluding carboxylic acids is 1. The summed E-state index contributed by atoms with van der Waals surface area (Å²) in [6, 6.07) is 0. The van der Waals surface area contributed by atoms with Crippen LogP contribution in [0.4, 0.5) is 0 Å². The number of amides is 1. The van der Waals surface area contributed by atoms with Crippen molar-refractivity contribution in [2.24, 2.45) is 5.73 Å². The van der Waals surface area contributed by atoms with Crippen LogP contribution in [-0.2, 0) is 4.79 Å². The monoisotopic (exact) mass is 141 g/mol. The van der Waals surface area contributed by atoms with E-state index in [0.29, 0.717) is 6.54 Å². The van der Waals surface area contributed by atoms with Crippen LogP contribution in [0.5, 0.6) is 0 Å². The first kappa shape index (κ1) is 7.08. The number of rotatable bonds is 3. The van der Waals surface area contributed by atoms with Crippen molar-refractivity contribution >= 4 is 6.41 Å². The first-order valence-electron chi connectivity index (χ1n) is 3.24. The molecular formula is C6H11N3O. The van der Waals surface area contributed by atoms with E-state index in [1.54, 1.807) is 17.3 Å². The zero-order valence-corrected chi connectivity index (χ0v) is 5.66. The predicted octanol–water partition coefficient (Wildman–Crippen LogP) is -0.806. The molecule has 0 fully saturated rings. The Morgan fingerprint density at radius 1 is 1.80 bits per heavy atom. The molecule has 10 heavy (non-hydrogen) atoms. The Bertz CT molecular complexity index is 146. The van der Waals surface area contributed by atoms with Crippen molar-refractivity contribution in [3.05, 3.63) is 12.4 Å². The summed E-state index contributed by atoms with van der Waals surface area (Å²) in [5.41, 5.74) is 5.31. The molecule has 56 valence electrons. The van der Waals surface area contributed by atoms with Crippen LogP contribution < -0.4 is 11.1 Å². The molecule has 0 saturated carbocycles. The molecule has 0 spiro atoms. The molecule has 1 amide bonds. The van der Waals surface area contributed by atoms with Gasteiger partial charge < -0.3 is 11.1 Å². The van der Waals surface area contributed by atoms with Gasteiger partial charge in [0.2, 0.25) is 6.41 Å². The van der Waals surface area contributed by atoms with Crippen LogP contribution in [0.3, 0.4) is 0 Å². The van der Waals surface area contributed by atoms with Gasteiger partial charge in [0.1, 0.15) is 6.17 Å². The largest absolute Gasteiger partial charge is 0.370 e. The molecule has 0 aromatic carbocycles. The van der Waals surface area contributed by atoms with Gasteiger partial charge in [-0.1, -0.05) is 0 Å². The quantitative estimate of drug-likeness (QED) is 0.505. The molecule has 1 aliphatic rings. The van der Waals surface area contributed by atoms with E-state index in [1.807, 2.05) is 0 Å². The van der Waals surface area contributed by atoms with Crippen molar-refractivity contribution in [2.75, 3.05) is 6.54 Å². The predicted molar refractivity (Wildman–Crippen MR) is 37.6 cm³/mol. The van der Waals surface area contributed by atoms with Crippen molar-refractivity contribution in [3.63, 3.8) is 0 Å². The average molecular weight is 141 g/mol. The van der Waals surface area contributed by atoms with Gasteiger partial charge in [0, 0.05) is 12.4 Å². The molecule has 4 heteroatoms. The second-order valence-corrected chi connectivity index (χ2v) is 2.13.